The second kappa shape index (κ2) is 7.98. The van der Waals surface area contributed by atoms with Crippen LogP contribution in [-0.2, 0) is 9.47 Å². The van der Waals surface area contributed by atoms with Gasteiger partial charge in [0.2, 0.25) is 0 Å². The summed E-state index contributed by atoms with van der Waals surface area (Å²) in [7, 11) is 0. The van der Waals surface area contributed by atoms with Crippen molar-refractivity contribution >= 4 is 18.5 Å². The van der Waals surface area contributed by atoms with Crippen LogP contribution >= 0.6 is 12.4 Å². The molecule has 154 valence electrons. The molecule has 1 saturated heterocycles. The molecule has 1 aliphatic heterocycles. The minimum Gasteiger partial charge on any atom is -0.449 e. The molecule has 2 aromatic rings. The standard InChI is InChI=1S/C23H26N2O3.ClH/c24-20-13-21(23(20)9-11-27-12-10-23)25-22(26)28-14-19-17-7-3-1-5-15(17)16-6-2-4-8-18(16)19;/h1-8,19-21H,9-14,24H2,(H,25,26);1H/t20-,21+;/m1./s1. The number of halogens is 1. The molecule has 5 nitrogen and oxygen atoms in total. The number of ether oxygens (including phenoxy) is 2. The highest BCUT2D eigenvalue weighted by Crippen LogP contribution is 2.48. The van der Waals surface area contributed by atoms with Crippen molar-refractivity contribution in [3.63, 3.8) is 0 Å². The fourth-order valence-electron chi connectivity index (χ4n) is 5.28. The Morgan fingerprint density at radius 3 is 2.24 bits per heavy atom. The van der Waals surface area contributed by atoms with Crippen molar-refractivity contribution in [1.29, 1.82) is 0 Å². The molecule has 0 unspecified atom stereocenters. The number of carbonyl (C=O) groups excluding carboxylic acids is 1. The van der Waals surface area contributed by atoms with Crippen molar-refractivity contribution in [3.05, 3.63) is 59.7 Å². The van der Waals surface area contributed by atoms with E-state index in [-0.39, 0.29) is 41.9 Å². The van der Waals surface area contributed by atoms with Crippen molar-refractivity contribution in [2.75, 3.05) is 19.8 Å². The van der Waals surface area contributed by atoms with Gasteiger partial charge < -0.3 is 20.5 Å². The zero-order chi connectivity index (χ0) is 19.1. The third kappa shape index (κ3) is 3.31. The summed E-state index contributed by atoms with van der Waals surface area (Å²) in [5, 5.41) is 3.08. The van der Waals surface area contributed by atoms with Gasteiger partial charge in [0.25, 0.3) is 0 Å². The predicted octanol–water partition coefficient (Wildman–Crippen LogP) is 3.84. The number of fused-ring (bicyclic) bond motifs is 3. The van der Waals surface area contributed by atoms with Gasteiger partial charge in [0, 0.05) is 36.6 Å². The second-order valence-electron chi connectivity index (χ2n) is 8.21. The molecule has 1 spiro atoms. The maximum atomic E-state index is 12.6. The Morgan fingerprint density at radius 2 is 1.66 bits per heavy atom. The SMILES string of the molecule is Cl.N[C@@H]1C[C@H](NC(=O)OCC2c3ccccc3-c3ccccc32)C12CCOCC2. The molecule has 1 heterocycles. The lowest BCUT2D eigenvalue weighted by molar-refractivity contribution is -0.0694. The predicted molar refractivity (Wildman–Crippen MR) is 114 cm³/mol. The molecule has 29 heavy (non-hydrogen) atoms. The third-order valence-corrected chi connectivity index (χ3v) is 6.98. The van der Waals surface area contributed by atoms with E-state index in [1.807, 2.05) is 12.1 Å². The summed E-state index contributed by atoms with van der Waals surface area (Å²) in [4.78, 5) is 12.6. The van der Waals surface area contributed by atoms with Crippen molar-refractivity contribution in [2.24, 2.45) is 11.1 Å². The largest absolute Gasteiger partial charge is 0.449 e. The number of hydrogen-bond donors (Lipinski definition) is 2. The number of benzene rings is 2. The van der Waals surface area contributed by atoms with E-state index in [9.17, 15) is 4.79 Å². The lowest BCUT2D eigenvalue weighted by Crippen LogP contribution is -2.68. The van der Waals surface area contributed by atoms with Crippen molar-refractivity contribution in [2.45, 2.75) is 37.3 Å². The lowest BCUT2D eigenvalue weighted by atomic mass is 9.57. The van der Waals surface area contributed by atoms with Gasteiger partial charge in [-0.1, -0.05) is 48.5 Å². The van der Waals surface area contributed by atoms with Crippen LogP contribution in [0, 0.1) is 5.41 Å². The molecule has 2 fully saturated rings. The Kier molecular flexibility index (Phi) is 5.56. The van der Waals surface area contributed by atoms with Crippen LogP contribution in [0.15, 0.2) is 48.5 Å². The number of rotatable bonds is 3. The minimum absolute atomic E-state index is 0. The fourth-order valence-corrected chi connectivity index (χ4v) is 5.28. The van der Waals surface area contributed by atoms with Gasteiger partial charge in [0.05, 0.1) is 0 Å². The molecule has 6 heteroatoms. The smallest absolute Gasteiger partial charge is 0.407 e. The minimum atomic E-state index is -0.343. The second-order valence-corrected chi connectivity index (χ2v) is 8.21. The van der Waals surface area contributed by atoms with E-state index < -0.39 is 0 Å². The van der Waals surface area contributed by atoms with E-state index in [1.165, 1.54) is 22.3 Å². The summed E-state index contributed by atoms with van der Waals surface area (Å²) in [6, 6.07) is 16.9. The Bertz CT molecular complexity index is 852. The highest BCUT2D eigenvalue weighted by atomic mass is 35.5. The van der Waals surface area contributed by atoms with Crippen molar-refractivity contribution in [3.8, 4) is 11.1 Å². The van der Waals surface area contributed by atoms with Gasteiger partial charge in [-0.05, 0) is 41.5 Å². The third-order valence-electron chi connectivity index (χ3n) is 6.98. The highest BCUT2D eigenvalue weighted by molar-refractivity contribution is 5.85. The van der Waals surface area contributed by atoms with Crippen LogP contribution in [0.4, 0.5) is 4.79 Å². The molecule has 1 amide bonds. The molecule has 0 aromatic heterocycles. The van der Waals surface area contributed by atoms with E-state index in [4.69, 9.17) is 15.2 Å². The van der Waals surface area contributed by atoms with Gasteiger partial charge in [0.15, 0.2) is 0 Å². The van der Waals surface area contributed by atoms with E-state index in [0.717, 1.165) is 32.5 Å². The first-order valence-electron chi connectivity index (χ1n) is 10.1. The number of amides is 1. The Morgan fingerprint density at radius 1 is 1.07 bits per heavy atom. The first-order valence-corrected chi connectivity index (χ1v) is 10.1. The molecule has 0 bridgehead atoms. The Balaban J connectivity index is 0.00000205. The van der Waals surface area contributed by atoms with E-state index in [0.29, 0.717) is 6.61 Å². The first kappa shape index (κ1) is 20.2. The van der Waals surface area contributed by atoms with E-state index >= 15 is 0 Å². The van der Waals surface area contributed by atoms with Gasteiger partial charge in [-0.2, -0.15) is 0 Å². The Hall–Kier alpha value is -2.08. The molecule has 3 aliphatic rings. The maximum Gasteiger partial charge on any atom is 0.407 e. The number of carbonyl (C=O) groups is 1. The Labute approximate surface area is 177 Å². The van der Waals surface area contributed by atoms with Crippen LogP contribution in [0.1, 0.15) is 36.3 Å². The zero-order valence-electron chi connectivity index (χ0n) is 16.3. The number of nitrogens with one attached hydrogen (secondary N) is 1. The number of alkyl carbamates (subject to hydrolysis) is 1. The number of nitrogens with two attached hydrogens (primary N) is 1. The van der Waals surface area contributed by atoms with E-state index in [2.05, 4.69) is 41.7 Å². The lowest BCUT2D eigenvalue weighted by Gasteiger charge is -2.56. The molecule has 2 aliphatic carbocycles. The average molecular weight is 415 g/mol. The van der Waals surface area contributed by atoms with Crippen LogP contribution in [0.2, 0.25) is 0 Å². The monoisotopic (exact) mass is 414 g/mol. The molecule has 3 N–H and O–H groups in total. The van der Waals surface area contributed by atoms with Gasteiger partial charge in [-0.15, -0.1) is 12.4 Å². The van der Waals surface area contributed by atoms with Crippen molar-refractivity contribution in [1.82, 2.24) is 5.32 Å². The molecule has 5 rings (SSSR count). The maximum absolute atomic E-state index is 12.6. The van der Waals surface area contributed by atoms with Crippen LogP contribution in [-0.4, -0.2) is 38.0 Å². The van der Waals surface area contributed by atoms with Crippen LogP contribution < -0.4 is 11.1 Å². The van der Waals surface area contributed by atoms with Crippen LogP contribution in [0.5, 0.6) is 0 Å². The number of hydrogen-bond acceptors (Lipinski definition) is 4. The fraction of sp³-hybridized carbons (Fsp3) is 0.435. The molecule has 1 saturated carbocycles. The van der Waals surface area contributed by atoms with Crippen molar-refractivity contribution < 1.29 is 14.3 Å². The van der Waals surface area contributed by atoms with Gasteiger partial charge >= 0.3 is 6.09 Å². The van der Waals surface area contributed by atoms with E-state index in [1.54, 1.807) is 0 Å². The topological polar surface area (TPSA) is 73.6 Å². The summed E-state index contributed by atoms with van der Waals surface area (Å²) in [5.41, 5.74) is 11.2. The van der Waals surface area contributed by atoms with Gasteiger partial charge in [-0.3, -0.25) is 0 Å². The summed E-state index contributed by atoms with van der Waals surface area (Å²) in [6.07, 6.45) is 2.28. The summed E-state index contributed by atoms with van der Waals surface area (Å²) < 4.78 is 11.2. The molecular weight excluding hydrogens is 388 g/mol. The summed E-state index contributed by atoms with van der Waals surface area (Å²) in [5.74, 6) is 0.0823. The van der Waals surface area contributed by atoms with Crippen LogP contribution in [0.3, 0.4) is 0 Å². The zero-order valence-corrected chi connectivity index (χ0v) is 17.1. The molecule has 2 aromatic carbocycles. The summed E-state index contributed by atoms with van der Waals surface area (Å²) >= 11 is 0. The first-order chi connectivity index (χ1) is 13.7. The van der Waals surface area contributed by atoms with Crippen LogP contribution in [0.25, 0.3) is 11.1 Å². The van der Waals surface area contributed by atoms with Gasteiger partial charge in [-0.25, -0.2) is 4.79 Å². The highest BCUT2D eigenvalue weighted by Gasteiger charge is 2.54. The quantitative estimate of drug-likeness (QED) is 0.800. The molecule has 2 atom stereocenters. The molecule has 0 radical (unpaired) electrons. The summed E-state index contributed by atoms with van der Waals surface area (Å²) in [6.45, 7) is 1.78. The molecular formula is C23H27ClN2O3. The normalized spacial score (nSPS) is 24.0. The average Bonchev–Trinajstić information content (AvgIpc) is 3.06. The van der Waals surface area contributed by atoms with Gasteiger partial charge in [0.1, 0.15) is 6.61 Å².